The van der Waals surface area contributed by atoms with Crippen LogP contribution < -0.4 is 11.1 Å². The smallest absolute Gasteiger partial charge is 0.263 e. The molecule has 0 aliphatic heterocycles. The average molecular weight is 242 g/mol. The molecule has 1 amide bonds. The number of amides is 1. The van der Waals surface area contributed by atoms with E-state index in [-0.39, 0.29) is 5.91 Å². The second-order valence-electron chi connectivity index (χ2n) is 3.60. The van der Waals surface area contributed by atoms with E-state index in [1.54, 1.807) is 18.8 Å². The van der Waals surface area contributed by atoms with Crippen molar-refractivity contribution in [2.45, 2.75) is 23.0 Å². The molecule has 2 rings (SSSR count). The number of anilines is 1. The van der Waals surface area contributed by atoms with Crippen molar-refractivity contribution >= 4 is 34.7 Å². The number of carbonyl (C=O) groups is 1. The summed E-state index contributed by atoms with van der Waals surface area (Å²) in [6.45, 7) is 0. The summed E-state index contributed by atoms with van der Waals surface area (Å²) < 4.78 is 1.20. The van der Waals surface area contributed by atoms with E-state index in [1.165, 1.54) is 34.0 Å². The van der Waals surface area contributed by atoms with Crippen molar-refractivity contribution in [3.63, 3.8) is 0 Å². The predicted molar refractivity (Wildman–Crippen MR) is 65.9 cm³/mol. The van der Waals surface area contributed by atoms with E-state index >= 15 is 0 Å². The van der Waals surface area contributed by atoms with Gasteiger partial charge in [-0.1, -0.05) is 0 Å². The Balaban J connectivity index is 2.44. The molecule has 0 spiro atoms. The van der Waals surface area contributed by atoms with Crippen molar-refractivity contribution in [1.82, 2.24) is 5.32 Å². The molecule has 1 saturated carbocycles. The third kappa shape index (κ3) is 1.86. The SMILES string of the molecule is CNC(=O)c1sc(SC)c(C2CC2)c1N. The Morgan fingerprint density at radius 2 is 2.27 bits per heavy atom. The molecular weight excluding hydrogens is 228 g/mol. The van der Waals surface area contributed by atoms with E-state index in [1.807, 2.05) is 6.26 Å². The third-order valence-corrected chi connectivity index (χ3v) is 4.91. The summed E-state index contributed by atoms with van der Waals surface area (Å²) >= 11 is 3.20. The van der Waals surface area contributed by atoms with E-state index in [9.17, 15) is 4.79 Å². The van der Waals surface area contributed by atoms with E-state index in [0.29, 0.717) is 16.5 Å². The summed E-state index contributed by atoms with van der Waals surface area (Å²) in [5, 5.41) is 2.63. The van der Waals surface area contributed by atoms with Crippen LogP contribution in [0.5, 0.6) is 0 Å². The number of carbonyl (C=O) groups excluding carboxylic acids is 1. The molecule has 3 N–H and O–H groups in total. The maximum Gasteiger partial charge on any atom is 0.263 e. The second-order valence-corrected chi connectivity index (χ2v) is 5.70. The van der Waals surface area contributed by atoms with Gasteiger partial charge < -0.3 is 11.1 Å². The molecular formula is C10H14N2OS2. The Kier molecular flexibility index (Phi) is 2.93. The minimum Gasteiger partial charge on any atom is -0.397 e. The zero-order chi connectivity index (χ0) is 11.0. The maximum absolute atomic E-state index is 11.6. The summed E-state index contributed by atoms with van der Waals surface area (Å²) in [7, 11) is 1.64. The molecule has 1 aliphatic carbocycles. The van der Waals surface area contributed by atoms with Crippen LogP contribution in [0.15, 0.2) is 4.21 Å². The van der Waals surface area contributed by atoms with Gasteiger partial charge in [-0.15, -0.1) is 23.1 Å². The highest BCUT2D eigenvalue weighted by atomic mass is 32.2. The summed E-state index contributed by atoms with van der Waals surface area (Å²) in [4.78, 5) is 12.2. The molecule has 15 heavy (non-hydrogen) atoms. The first-order chi connectivity index (χ1) is 7.19. The fraction of sp³-hybridized carbons (Fsp3) is 0.500. The Bertz CT molecular complexity index is 396. The van der Waals surface area contributed by atoms with Gasteiger partial charge in [0.15, 0.2) is 0 Å². The number of hydrogen-bond donors (Lipinski definition) is 2. The minimum absolute atomic E-state index is 0.0697. The summed E-state index contributed by atoms with van der Waals surface area (Å²) in [5.41, 5.74) is 7.95. The first-order valence-electron chi connectivity index (χ1n) is 4.87. The fourth-order valence-corrected chi connectivity index (χ4v) is 3.69. The molecule has 0 bridgehead atoms. The quantitative estimate of drug-likeness (QED) is 0.800. The maximum atomic E-state index is 11.6. The summed E-state index contributed by atoms with van der Waals surface area (Å²) in [5.74, 6) is 0.529. The molecule has 0 unspecified atom stereocenters. The van der Waals surface area contributed by atoms with E-state index in [0.717, 1.165) is 0 Å². The van der Waals surface area contributed by atoms with Gasteiger partial charge in [0, 0.05) is 12.6 Å². The van der Waals surface area contributed by atoms with Gasteiger partial charge in [-0.2, -0.15) is 0 Å². The number of nitrogens with one attached hydrogen (secondary N) is 1. The van der Waals surface area contributed by atoms with Gasteiger partial charge in [-0.3, -0.25) is 4.79 Å². The molecule has 5 heteroatoms. The number of thiophene rings is 1. The van der Waals surface area contributed by atoms with Crippen LogP contribution in [-0.2, 0) is 0 Å². The summed E-state index contributed by atoms with van der Waals surface area (Å²) in [6, 6.07) is 0. The van der Waals surface area contributed by atoms with Crippen molar-refractivity contribution in [3.05, 3.63) is 10.4 Å². The number of nitrogens with two attached hydrogens (primary N) is 1. The van der Waals surface area contributed by atoms with Crippen LogP contribution in [0.1, 0.15) is 34.0 Å². The van der Waals surface area contributed by atoms with Gasteiger partial charge in [-0.25, -0.2) is 0 Å². The number of nitrogen functional groups attached to an aromatic ring is 1. The van der Waals surface area contributed by atoms with Crippen LogP contribution in [0.3, 0.4) is 0 Å². The molecule has 0 radical (unpaired) electrons. The standard InChI is InChI=1S/C10H14N2OS2/c1-12-9(13)8-7(11)6(5-3-4-5)10(14-2)15-8/h5H,3-4,11H2,1-2H3,(H,12,13). The second kappa shape index (κ2) is 4.06. The monoisotopic (exact) mass is 242 g/mol. The Morgan fingerprint density at radius 1 is 1.60 bits per heavy atom. The van der Waals surface area contributed by atoms with Gasteiger partial charge in [-0.05, 0) is 25.0 Å². The van der Waals surface area contributed by atoms with Crippen LogP contribution in [0.25, 0.3) is 0 Å². The van der Waals surface area contributed by atoms with Gasteiger partial charge in [0.05, 0.1) is 9.90 Å². The van der Waals surface area contributed by atoms with E-state index in [4.69, 9.17) is 5.73 Å². The van der Waals surface area contributed by atoms with Crippen molar-refractivity contribution < 1.29 is 4.79 Å². The highest BCUT2D eigenvalue weighted by Crippen LogP contribution is 2.50. The molecule has 1 aliphatic rings. The van der Waals surface area contributed by atoms with Gasteiger partial charge in [0.1, 0.15) is 4.88 Å². The molecule has 3 nitrogen and oxygen atoms in total. The van der Waals surface area contributed by atoms with Crippen LogP contribution >= 0.6 is 23.1 Å². The Hall–Kier alpha value is -0.680. The molecule has 0 aromatic carbocycles. The highest BCUT2D eigenvalue weighted by Gasteiger charge is 2.32. The lowest BCUT2D eigenvalue weighted by atomic mass is 10.1. The van der Waals surface area contributed by atoms with Crippen LogP contribution in [0.4, 0.5) is 5.69 Å². The van der Waals surface area contributed by atoms with Crippen molar-refractivity contribution in [1.29, 1.82) is 0 Å². The largest absolute Gasteiger partial charge is 0.397 e. The number of thioether (sulfide) groups is 1. The van der Waals surface area contributed by atoms with E-state index < -0.39 is 0 Å². The van der Waals surface area contributed by atoms with E-state index in [2.05, 4.69) is 5.32 Å². The lowest BCUT2D eigenvalue weighted by Crippen LogP contribution is -2.17. The predicted octanol–water partition coefficient (Wildman–Crippen LogP) is 2.29. The minimum atomic E-state index is -0.0697. The number of hydrogen-bond acceptors (Lipinski definition) is 4. The lowest BCUT2D eigenvalue weighted by molar-refractivity contribution is 0.0968. The lowest BCUT2D eigenvalue weighted by Gasteiger charge is -2.00. The van der Waals surface area contributed by atoms with Gasteiger partial charge in [0.25, 0.3) is 5.91 Å². The van der Waals surface area contributed by atoms with Crippen molar-refractivity contribution in [3.8, 4) is 0 Å². The normalized spacial score (nSPS) is 15.3. The topological polar surface area (TPSA) is 55.1 Å². The number of rotatable bonds is 3. The first-order valence-corrected chi connectivity index (χ1v) is 6.91. The van der Waals surface area contributed by atoms with Crippen LogP contribution in [0, 0.1) is 0 Å². The Morgan fingerprint density at radius 3 is 2.73 bits per heavy atom. The molecule has 0 saturated heterocycles. The molecule has 1 heterocycles. The van der Waals surface area contributed by atoms with Crippen LogP contribution in [0.2, 0.25) is 0 Å². The summed E-state index contributed by atoms with van der Waals surface area (Å²) in [6.07, 6.45) is 4.45. The fourth-order valence-electron chi connectivity index (χ4n) is 1.63. The van der Waals surface area contributed by atoms with Gasteiger partial charge in [0.2, 0.25) is 0 Å². The first kappa shape index (κ1) is 10.8. The van der Waals surface area contributed by atoms with Crippen molar-refractivity contribution in [2.24, 2.45) is 0 Å². The third-order valence-electron chi connectivity index (χ3n) is 2.55. The molecule has 0 atom stereocenters. The molecule has 82 valence electrons. The Labute approximate surface area is 97.4 Å². The average Bonchev–Trinajstić information content (AvgIpc) is 3.02. The van der Waals surface area contributed by atoms with Gasteiger partial charge >= 0.3 is 0 Å². The molecule has 1 fully saturated rings. The zero-order valence-corrected chi connectivity index (χ0v) is 10.4. The zero-order valence-electron chi connectivity index (χ0n) is 8.79. The van der Waals surface area contributed by atoms with Crippen molar-refractivity contribution in [2.75, 3.05) is 19.0 Å². The highest BCUT2D eigenvalue weighted by molar-refractivity contribution is 8.00. The van der Waals surface area contributed by atoms with Crippen LogP contribution in [-0.4, -0.2) is 19.2 Å². The molecule has 1 aromatic heterocycles. The molecule has 1 aromatic rings.